The second kappa shape index (κ2) is 5.92. The van der Waals surface area contributed by atoms with Crippen LogP contribution in [0.2, 0.25) is 0 Å². The van der Waals surface area contributed by atoms with Crippen LogP contribution in [0.15, 0.2) is 47.4 Å². The number of aromatic nitrogens is 1. The van der Waals surface area contributed by atoms with E-state index < -0.39 is 0 Å². The summed E-state index contributed by atoms with van der Waals surface area (Å²) in [5, 5.41) is 2.74. The van der Waals surface area contributed by atoms with E-state index in [1.807, 2.05) is 11.8 Å². The third kappa shape index (κ3) is 2.45. The van der Waals surface area contributed by atoms with Crippen molar-refractivity contribution >= 4 is 33.6 Å². The van der Waals surface area contributed by atoms with E-state index in [4.69, 9.17) is 0 Å². The van der Waals surface area contributed by atoms with Crippen LogP contribution in [0.1, 0.15) is 26.2 Å². The average molecular weight is 283 g/mol. The highest BCUT2D eigenvalue weighted by atomic mass is 32.2. The first-order chi connectivity index (χ1) is 9.81. The maximum atomic E-state index is 2.36. The van der Waals surface area contributed by atoms with Crippen molar-refractivity contribution in [3.63, 3.8) is 0 Å². The minimum absolute atomic E-state index is 1.23. The van der Waals surface area contributed by atoms with Crippen LogP contribution in [0.25, 0.3) is 21.8 Å². The van der Waals surface area contributed by atoms with Gasteiger partial charge in [0.15, 0.2) is 0 Å². The molecule has 0 N–H and O–H groups in total. The van der Waals surface area contributed by atoms with Gasteiger partial charge < -0.3 is 4.57 Å². The van der Waals surface area contributed by atoms with Gasteiger partial charge in [0, 0.05) is 33.7 Å². The minimum Gasteiger partial charge on any atom is -0.344 e. The summed E-state index contributed by atoms with van der Waals surface area (Å²) in [7, 11) is 2.15. The summed E-state index contributed by atoms with van der Waals surface area (Å²) in [6.07, 6.45) is 3.95. The summed E-state index contributed by atoms with van der Waals surface area (Å²) in [6, 6.07) is 15.5. The van der Waals surface area contributed by atoms with Crippen LogP contribution in [-0.2, 0) is 7.05 Å². The van der Waals surface area contributed by atoms with Gasteiger partial charge in [-0.2, -0.15) is 0 Å². The Hall–Kier alpha value is -1.41. The number of benzene rings is 2. The standard InChI is InChI=1S/C18H21NS/c1-3-4-7-12-20-14-10-11-18-16(13-14)15-8-5-6-9-17(15)19(18)2/h5-6,8-11,13H,3-4,7,12H2,1-2H3. The molecule has 0 spiro atoms. The van der Waals surface area contributed by atoms with Crippen LogP contribution < -0.4 is 0 Å². The molecule has 0 aliphatic carbocycles. The molecule has 20 heavy (non-hydrogen) atoms. The molecule has 0 saturated carbocycles. The Morgan fingerprint density at radius 2 is 1.75 bits per heavy atom. The molecule has 0 unspecified atom stereocenters. The van der Waals surface area contributed by atoms with E-state index in [0.717, 1.165) is 0 Å². The lowest BCUT2D eigenvalue weighted by atomic mass is 10.1. The molecular weight excluding hydrogens is 262 g/mol. The van der Waals surface area contributed by atoms with E-state index >= 15 is 0 Å². The molecule has 2 heteroatoms. The molecule has 0 radical (unpaired) electrons. The van der Waals surface area contributed by atoms with Crippen LogP contribution in [0.5, 0.6) is 0 Å². The Labute approximate surface area is 125 Å². The van der Waals surface area contributed by atoms with Gasteiger partial charge in [-0.3, -0.25) is 0 Å². The number of thioether (sulfide) groups is 1. The summed E-state index contributed by atoms with van der Waals surface area (Å²) >= 11 is 1.98. The fraction of sp³-hybridized carbons (Fsp3) is 0.333. The van der Waals surface area contributed by atoms with Crippen molar-refractivity contribution in [1.29, 1.82) is 0 Å². The molecule has 0 aliphatic heterocycles. The Balaban J connectivity index is 1.96. The number of para-hydroxylation sites is 1. The molecule has 1 nitrogen and oxygen atoms in total. The second-order valence-corrected chi connectivity index (χ2v) is 6.48. The van der Waals surface area contributed by atoms with Gasteiger partial charge >= 0.3 is 0 Å². The number of nitrogens with zero attached hydrogens (tertiary/aromatic N) is 1. The summed E-state index contributed by atoms with van der Waals surface area (Å²) in [5.41, 5.74) is 2.64. The van der Waals surface area contributed by atoms with Gasteiger partial charge in [-0.25, -0.2) is 0 Å². The first-order valence-electron chi connectivity index (χ1n) is 7.41. The molecule has 0 amide bonds. The van der Waals surface area contributed by atoms with Crippen molar-refractivity contribution in [3.05, 3.63) is 42.5 Å². The van der Waals surface area contributed by atoms with E-state index in [2.05, 4.69) is 61.0 Å². The largest absolute Gasteiger partial charge is 0.344 e. The SMILES string of the molecule is CCCCCSc1ccc2c(c1)c1ccccc1n2C. The molecule has 3 rings (SSSR count). The number of unbranched alkanes of at least 4 members (excludes halogenated alkanes) is 2. The number of hydrogen-bond donors (Lipinski definition) is 0. The molecule has 0 atom stereocenters. The lowest BCUT2D eigenvalue weighted by Crippen LogP contribution is -1.86. The number of aryl methyl sites for hydroxylation is 1. The van der Waals surface area contributed by atoms with Crippen molar-refractivity contribution in [2.24, 2.45) is 7.05 Å². The summed E-state index contributed by atoms with van der Waals surface area (Å²) in [6.45, 7) is 2.26. The Bertz CT molecular complexity index is 727. The Kier molecular flexibility index (Phi) is 4.02. The third-order valence-corrected chi connectivity index (χ3v) is 4.98. The topological polar surface area (TPSA) is 4.93 Å². The molecule has 104 valence electrons. The van der Waals surface area contributed by atoms with Crippen LogP contribution >= 0.6 is 11.8 Å². The lowest BCUT2D eigenvalue weighted by Gasteiger charge is -2.02. The first-order valence-corrected chi connectivity index (χ1v) is 8.40. The van der Waals surface area contributed by atoms with Crippen molar-refractivity contribution in [2.75, 3.05) is 5.75 Å². The van der Waals surface area contributed by atoms with Gasteiger partial charge in [0.05, 0.1) is 0 Å². The van der Waals surface area contributed by atoms with E-state index in [1.165, 1.54) is 51.7 Å². The second-order valence-electron chi connectivity index (χ2n) is 5.31. The summed E-state index contributed by atoms with van der Waals surface area (Å²) < 4.78 is 2.29. The maximum Gasteiger partial charge on any atom is 0.0489 e. The van der Waals surface area contributed by atoms with Gasteiger partial charge in [-0.15, -0.1) is 11.8 Å². The van der Waals surface area contributed by atoms with Crippen LogP contribution in [0.4, 0.5) is 0 Å². The summed E-state index contributed by atoms with van der Waals surface area (Å²) in [4.78, 5) is 1.39. The van der Waals surface area contributed by atoms with E-state index in [1.54, 1.807) is 0 Å². The summed E-state index contributed by atoms with van der Waals surface area (Å²) in [5.74, 6) is 1.23. The van der Waals surface area contributed by atoms with Crippen LogP contribution in [0.3, 0.4) is 0 Å². The Morgan fingerprint density at radius 3 is 2.60 bits per heavy atom. The van der Waals surface area contributed by atoms with Crippen molar-refractivity contribution in [3.8, 4) is 0 Å². The predicted molar refractivity (Wildman–Crippen MR) is 90.7 cm³/mol. The zero-order valence-corrected chi connectivity index (χ0v) is 13.0. The molecule has 0 bridgehead atoms. The monoisotopic (exact) mass is 283 g/mol. The predicted octanol–water partition coefficient (Wildman–Crippen LogP) is 5.61. The molecule has 2 aromatic carbocycles. The number of rotatable bonds is 5. The van der Waals surface area contributed by atoms with Crippen molar-refractivity contribution in [1.82, 2.24) is 4.57 Å². The molecule has 3 aromatic rings. The molecule has 0 fully saturated rings. The van der Waals surface area contributed by atoms with Crippen LogP contribution in [0, 0.1) is 0 Å². The van der Waals surface area contributed by atoms with Gasteiger partial charge in [-0.1, -0.05) is 38.0 Å². The number of hydrogen-bond acceptors (Lipinski definition) is 1. The van der Waals surface area contributed by atoms with E-state index in [-0.39, 0.29) is 0 Å². The van der Waals surface area contributed by atoms with E-state index in [0.29, 0.717) is 0 Å². The van der Waals surface area contributed by atoms with Crippen LogP contribution in [-0.4, -0.2) is 10.3 Å². The molecule has 1 heterocycles. The molecular formula is C18H21NS. The third-order valence-electron chi connectivity index (χ3n) is 3.90. The quantitative estimate of drug-likeness (QED) is 0.435. The highest BCUT2D eigenvalue weighted by Crippen LogP contribution is 2.31. The zero-order valence-electron chi connectivity index (χ0n) is 12.2. The fourth-order valence-corrected chi connectivity index (χ4v) is 3.73. The average Bonchev–Trinajstić information content (AvgIpc) is 2.77. The van der Waals surface area contributed by atoms with Gasteiger partial charge in [0.1, 0.15) is 0 Å². The normalized spacial score (nSPS) is 11.5. The molecule has 0 saturated heterocycles. The van der Waals surface area contributed by atoms with Crippen molar-refractivity contribution < 1.29 is 0 Å². The minimum atomic E-state index is 1.23. The highest BCUT2D eigenvalue weighted by Gasteiger charge is 2.08. The zero-order chi connectivity index (χ0) is 13.9. The molecule has 0 aliphatic rings. The van der Waals surface area contributed by atoms with Gasteiger partial charge in [-0.05, 0) is 36.4 Å². The molecule has 1 aromatic heterocycles. The van der Waals surface area contributed by atoms with Gasteiger partial charge in [0.2, 0.25) is 0 Å². The maximum absolute atomic E-state index is 2.36. The fourth-order valence-electron chi connectivity index (χ4n) is 2.78. The number of fused-ring (bicyclic) bond motifs is 3. The van der Waals surface area contributed by atoms with Crippen molar-refractivity contribution in [2.45, 2.75) is 31.1 Å². The lowest BCUT2D eigenvalue weighted by molar-refractivity contribution is 0.778. The van der Waals surface area contributed by atoms with E-state index in [9.17, 15) is 0 Å². The first kappa shape index (κ1) is 13.6. The smallest absolute Gasteiger partial charge is 0.0489 e. The highest BCUT2D eigenvalue weighted by molar-refractivity contribution is 7.99. The van der Waals surface area contributed by atoms with Gasteiger partial charge in [0.25, 0.3) is 0 Å². The Morgan fingerprint density at radius 1 is 0.950 bits per heavy atom.